The summed E-state index contributed by atoms with van der Waals surface area (Å²) in [7, 11) is 0. The van der Waals surface area contributed by atoms with Crippen LogP contribution in [0.15, 0.2) is 24.3 Å². The summed E-state index contributed by atoms with van der Waals surface area (Å²) in [6.07, 6.45) is 12.3. The lowest BCUT2D eigenvalue weighted by Gasteiger charge is -2.07. The van der Waals surface area contributed by atoms with E-state index in [-0.39, 0.29) is 11.1 Å². The maximum Gasteiger partial charge on any atom is 0.339 e. The van der Waals surface area contributed by atoms with Crippen LogP contribution in [0.5, 0.6) is 0 Å². The minimum absolute atomic E-state index is 0.00843. The van der Waals surface area contributed by atoms with Crippen molar-refractivity contribution in [2.45, 2.75) is 78.1 Å². The van der Waals surface area contributed by atoms with Crippen molar-refractivity contribution >= 4 is 11.9 Å². The zero-order valence-corrected chi connectivity index (χ0v) is 16.3. The van der Waals surface area contributed by atoms with E-state index < -0.39 is 11.9 Å². The molecule has 4 nitrogen and oxygen atoms in total. The van der Waals surface area contributed by atoms with Crippen LogP contribution in [-0.2, 0) is 4.74 Å². The van der Waals surface area contributed by atoms with Gasteiger partial charge in [0.15, 0.2) is 0 Å². The van der Waals surface area contributed by atoms with Gasteiger partial charge in [0, 0.05) is 0 Å². The smallest absolute Gasteiger partial charge is 0.339 e. The number of benzene rings is 1. The van der Waals surface area contributed by atoms with Gasteiger partial charge in [-0.2, -0.15) is 0 Å². The third-order valence-corrected chi connectivity index (χ3v) is 4.54. The second-order valence-electron chi connectivity index (χ2n) is 7.35. The van der Waals surface area contributed by atoms with Crippen molar-refractivity contribution in [3.8, 4) is 0 Å². The molecule has 26 heavy (non-hydrogen) atoms. The van der Waals surface area contributed by atoms with Gasteiger partial charge in [0.05, 0.1) is 17.7 Å². The monoisotopic (exact) mass is 362 g/mol. The largest absolute Gasteiger partial charge is 0.478 e. The Bertz CT molecular complexity index is 537. The number of hydrogen-bond donors (Lipinski definition) is 1. The molecule has 0 aliphatic carbocycles. The highest BCUT2D eigenvalue weighted by atomic mass is 16.5. The van der Waals surface area contributed by atoms with E-state index in [2.05, 4.69) is 13.8 Å². The number of rotatable bonds is 14. The van der Waals surface area contributed by atoms with Gasteiger partial charge >= 0.3 is 11.9 Å². The Morgan fingerprint density at radius 3 is 1.88 bits per heavy atom. The van der Waals surface area contributed by atoms with Crippen LogP contribution in [0.3, 0.4) is 0 Å². The van der Waals surface area contributed by atoms with Crippen LogP contribution in [0.2, 0.25) is 0 Å². The summed E-state index contributed by atoms with van der Waals surface area (Å²) in [6.45, 7) is 4.91. The maximum atomic E-state index is 12.0. The van der Waals surface area contributed by atoms with Crippen molar-refractivity contribution in [2.24, 2.45) is 5.92 Å². The van der Waals surface area contributed by atoms with Gasteiger partial charge in [-0.1, -0.05) is 83.8 Å². The van der Waals surface area contributed by atoms with Crippen LogP contribution in [0.1, 0.15) is 98.8 Å². The highest BCUT2D eigenvalue weighted by molar-refractivity contribution is 6.02. The fourth-order valence-corrected chi connectivity index (χ4v) is 2.98. The van der Waals surface area contributed by atoms with Gasteiger partial charge in [-0.3, -0.25) is 0 Å². The molecular formula is C22H34O4. The molecule has 1 aromatic rings. The van der Waals surface area contributed by atoms with E-state index in [1.807, 2.05) is 0 Å². The molecule has 0 bridgehead atoms. The summed E-state index contributed by atoms with van der Waals surface area (Å²) in [5.74, 6) is -0.840. The Morgan fingerprint density at radius 2 is 1.35 bits per heavy atom. The van der Waals surface area contributed by atoms with Crippen LogP contribution in [0.4, 0.5) is 0 Å². The van der Waals surface area contributed by atoms with E-state index in [0.29, 0.717) is 6.61 Å². The van der Waals surface area contributed by atoms with Gasteiger partial charge in [0.25, 0.3) is 0 Å². The lowest BCUT2D eigenvalue weighted by atomic mass is 10.0. The predicted octanol–water partition coefficient (Wildman–Crippen LogP) is 6.10. The number of carbonyl (C=O) groups is 2. The summed E-state index contributed by atoms with van der Waals surface area (Å²) >= 11 is 0. The van der Waals surface area contributed by atoms with Crippen molar-refractivity contribution in [1.82, 2.24) is 0 Å². The number of carboxylic acid groups (broad SMARTS) is 1. The highest BCUT2D eigenvalue weighted by Crippen LogP contribution is 2.14. The molecule has 1 aromatic carbocycles. The van der Waals surface area contributed by atoms with Crippen molar-refractivity contribution in [1.29, 1.82) is 0 Å². The van der Waals surface area contributed by atoms with Crippen molar-refractivity contribution in [2.75, 3.05) is 6.61 Å². The average molecular weight is 363 g/mol. The first-order chi connectivity index (χ1) is 12.5. The van der Waals surface area contributed by atoms with Crippen LogP contribution < -0.4 is 0 Å². The van der Waals surface area contributed by atoms with Gasteiger partial charge < -0.3 is 9.84 Å². The topological polar surface area (TPSA) is 63.6 Å². The lowest BCUT2D eigenvalue weighted by molar-refractivity contribution is 0.0487. The Balaban J connectivity index is 2.02. The second-order valence-corrected chi connectivity index (χ2v) is 7.35. The summed E-state index contributed by atoms with van der Waals surface area (Å²) < 4.78 is 5.21. The molecule has 1 N–H and O–H groups in total. The van der Waals surface area contributed by atoms with Gasteiger partial charge in [-0.25, -0.2) is 9.59 Å². The number of unbranched alkanes of at least 4 members (excludes halogenated alkanes) is 8. The van der Waals surface area contributed by atoms with Crippen LogP contribution >= 0.6 is 0 Å². The predicted molar refractivity (Wildman–Crippen MR) is 105 cm³/mol. The zero-order valence-electron chi connectivity index (χ0n) is 16.3. The third-order valence-electron chi connectivity index (χ3n) is 4.54. The standard InChI is InChI=1S/C22H34O4/c1-18(2)14-10-8-6-4-3-5-7-9-13-17-26-22(25)20-16-12-11-15-19(20)21(23)24/h11-12,15-16,18H,3-10,13-14,17H2,1-2H3,(H,23,24). The summed E-state index contributed by atoms with van der Waals surface area (Å²) in [5.41, 5.74) is 0.114. The third kappa shape index (κ3) is 9.59. The number of carboxylic acids is 1. The number of carbonyl (C=O) groups excluding carboxylic acids is 1. The quantitative estimate of drug-likeness (QED) is 0.321. The SMILES string of the molecule is CC(C)CCCCCCCCCCCOC(=O)c1ccccc1C(=O)O. The molecule has 0 saturated carbocycles. The molecule has 4 heteroatoms. The van der Waals surface area contributed by atoms with Crippen molar-refractivity contribution < 1.29 is 19.4 Å². The van der Waals surface area contributed by atoms with Gasteiger partial charge in [-0.05, 0) is 24.5 Å². The number of aromatic carboxylic acids is 1. The molecular weight excluding hydrogens is 328 g/mol. The van der Waals surface area contributed by atoms with Crippen LogP contribution in [0, 0.1) is 5.92 Å². The number of esters is 1. The average Bonchev–Trinajstić information content (AvgIpc) is 2.62. The molecule has 0 amide bonds. The molecule has 1 rings (SSSR count). The zero-order chi connectivity index (χ0) is 19.2. The molecule has 0 aliphatic heterocycles. The normalized spacial score (nSPS) is 10.9. The first-order valence-corrected chi connectivity index (χ1v) is 10.0. The molecule has 0 spiro atoms. The van der Waals surface area contributed by atoms with Gasteiger partial charge in [0.2, 0.25) is 0 Å². The highest BCUT2D eigenvalue weighted by Gasteiger charge is 2.16. The van der Waals surface area contributed by atoms with E-state index in [9.17, 15) is 9.59 Å². The van der Waals surface area contributed by atoms with Crippen molar-refractivity contribution in [3.63, 3.8) is 0 Å². The van der Waals surface area contributed by atoms with E-state index >= 15 is 0 Å². The Labute approximate surface area is 158 Å². The fourth-order valence-electron chi connectivity index (χ4n) is 2.98. The first kappa shape index (κ1) is 22.2. The summed E-state index contributed by atoms with van der Waals surface area (Å²) in [5, 5.41) is 9.09. The van der Waals surface area contributed by atoms with Gasteiger partial charge in [-0.15, -0.1) is 0 Å². The van der Waals surface area contributed by atoms with E-state index in [1.165, 1.54) is 57.1 Å². The molecule has 0 saturated heterocycles. The number of hydrogen-bond acceptors (Lipinski definition) is 3. The van der Waals surface area contributed by atoms with Gasteiger partial charge in [0.1, 0.15) is 0 Å². The molecule has 0 heterocycles. The van der Waals surface area contributed by atoms with E-state index in [0.717, 1.165) is 25.2 Å². The lowest BCUT2D eigenvalue weighted by Crippen LogP contribution is -2.12. The summed E-state index contributed by atoms with van der Waals surface area (Å²) in [4.78, 5) is 23.1. The maximum absolute atomic E-state index is 12.0. The van der Waals surface area contributed by atoms with Crippen LogP contribution in [-0.4, -0.2) is 23.7 Å². The molecule has 0 aromatic heterocycles. The Hall–Kier alpha value is -1.84. The fraction of sp³-hybridized carbons (Fsp3) is 0.636. The van der Waals surface area contributed by atoms with Crippen LogP contribution in [0.25, 0.3) is 0 Å². The van der Waals surface area contributed by atoms with E-state index in [1.54, 1.807) is 12.1 Å². The second kappa shape index (κ2) is 13.4. The minimum atomic E-state index is -1.11. The van der Waals surface area contributed by atoms with E-state index in [4.69, 9.17) is 9.84 Å². The Kier molecular flexibility index (Phi) is 11.4. The molecule has 0 atom stereocenters. The molecule has 146 valence electrons. The molecule has 0 fully saturated rings. The first-order valence-electron chi connectivity index (χ1n) is 10.0. The Morgan fingerprint density at radius 1 is 0.846 bits per heavy atom. The molecule has 0 aliphatic rings. The summed E-state index contributed by atoms with van der Waals surface area (Å²) in [6, 6.07) is 6.16. The van der Waals surface area contributed by atoms with Crippen molar-refractivity contribution in [3.05, 3.63) is 35.4 Å². The molecule has 0 radical (unpaired) electrons. The number of ether oxygens (including phenoxy) is 1. The molecule has 0 unspecified atom stereocenters. The minimum Gasteiger partial charge on any atom is -0.478 e.